The molecule has 8 nitrogen and oxygen atoms in total. The van der Waals surface area contributed by atoms with E-state index in [1.54, 1.807) is 23.3 Å². The third-order valence-corrected chi connectivity index (χ3v) is 3.62. The van der Waals surface area contributed by atoms with Crippen molar-refractivity contribution in [1.82, 2.24) is 19.9 Å². The smallest absolute Gasteiger partial charge is 0.411 e. The molecule has 0 bridgehead atoms. The summed E-state index contributed by atoms with van der Waals surface area (Å²) in [6.07, 6.45) is 2.69. The molecule has 3 heterocycles. The summed E-state index contributed by atoms with van der Waals surface area (Å²) in [6.45, 7) is 5.91. The van der Waals surface area contributed by atoms with Gasteiger partial charge < -0.3 is 14.3 Å². The molecule has 2 aromatic rings. The zero-order chi connectivity index (χ0) is 16.6. The van der Waals surface area contributed by atoms with Crippen LogP contribution in [0.4, 0.5) is 4.79 Å². The highest BCUT2D eigenvalue weighted by atomic mass is 16.6. The minimum Gasteiger partial charge on any atom is -0.472 e. The van der Waals surface area contributed by atoms with Crippen molar-refractivity contribution in [2.45, 2.75) is 45.5 Å². The lowest BCUT2D eigenvalue weighted by Gasteiger charge is -2.35. The highest BCUT2D eigenvalue weighted by Crippen LogP contribution is 2.27. The summed E-state index contributed by atoms with van der Waals surface area (Å²) in [5.74, 6) is 0. The molecule has 2 aromatic heterocycles. The van der Waals surface area contributed by atoms with Crippen molar-refractivity contribution in [3.63, 3.8) is 0 Å². The van der Waals surface area contributed by atoms with Gasteiger partial charge in [-0.2, -0.15) is 0 Å². The maximum atomic E-state index is 12.4. The molecule has 0 radical (unpaired) electrons. The van der Waals surface area contributed by atoms with E-state index in [1.165, 1.54) is 4.90 Å². The third-order valence-electron chi connectivity index (χ3n) is 3.62. The molecule has 1 aliphatic heterocycles. The Balaban J connectivity index is 1.90. The number of ether oxygens (including phenoxy) is 1. The topological polar surface area (TPSA) is 93.6 Å². The highest BCUT2D eigenvalue weighted by Gasteiger charge is 2.35. The molecular weight excluding hydrogens is 300 g/mol. The lowest BCUT2D eigenvalue weighted by Crippen LogP contribution is -2.50. The summed E-state index contributed by atoms with van der Waals surface area (Å²) in [4.78, 5) is 14.0. The summed E-state index contributed by atoms with van der Waals surface area (Å²) < 4.78 is 12.2. The number of carbonyl (C=O) groups excluding carboxylic acids is 1. The number of rotatable bonds is 2. The van der Waals surface area contributed by atoms with Crippen LogP contribution in [0.25, 0.3) is 11.3 Å². The minimum absolute atomic E-state index is 0.167. The van der Waals surface area contributed by atoms with Gasteiger partial charge in [0, 0.05) is 5.56 Å². The fourth-order valence-corrected chi connectivity index (χ4v) is 2.54. The number of hydrogen-bond donors (Lipinski definition) is 1. The normalized spacial score (nSPS) is 17.9. The van der Waals surface area contributed by atoms with E-state index in [1.807, 2.05) is 20.8 Å². The van der Waals surface area contributed by atoms with Gasteiger partial charge in [-0.25, -0.2) is 9.48 Å². The van der Waals surface area contributed by atoms with Crippen LogP contribution in [0.15, 0.2) is 23.0 Å². The Morgan fingerprint density at radius 1 is 1.52 bits per heavy atom. The van der Waals surface area contributed by atoms with Crippen molar-refractivity contribution >= 4 is 6.09 Å². The Bertz CT molecular complexity index is 687. The molecule has 1 amide bonds. The Morgan fingerprint density at radius 2 is 2.30 bits per heavy atom. The number of fused-ring (bicyclic) bond motifs is 1. The molecule has 0 saturated carbocycles. The number of amides is 1. The summed E-state index contributed by atoms with van der Waals surface area (Å²) in [7, 11) is 0. The van der Waals surface area contributed by atoms with E-state index in [0.717, 1.165) is 11.3 Å². The molecule has 1 atom stereocenters. The fraction of sp³-hybridized carbons (Fsp3) is 0.533. The van der Waals surface area contributed by atoms with Gasteiger partial charge in [0.1, 0.15) is 11.3 Å². The van der Waals surface area contributed by atoms with Crippen molar-refractivity contribution in [3.8, 4) is 11.3 Å². The van der Waals surface area contributed by atoms with Crippen LogP contribution in [0.3, 0.4) is 0 Å². The summed E-state index contributed by atoms with van der Waals surface area (Å²) >= 11 is 0. The van der Waals surface area contributed by atoms with E-state index in [9.17, 15) is 9.90 Å². The Labute approximate surface area is 133 Å². The van der Waals surface area contributed by atoms with Gasteiger partial charge in [-0.1, -0.05) is 5.21 Å². The molecule has 0 saturated heterocycles. The molecule has 1 N–H and O–H groups in total. The minimum atomic E-state index is -0.597. The Kier molecular flexibility index (Phi) is 3.85. The number of hydrogen-bond acceptors (Lipinski definition) is 6. The number of aliphatic hydroxyl groups is 1. The van der Waals surface area contributed by atoms with Crippen molar-refractivity contribution in [3.05, 3.63) is 24.3 Å². The quantitative estimate of drug-likeness (QED) is 0.904. The first-order chi connectivity index (χ1) is 10.9. The van der Waals surface area contributed by atoms with Gasteiger partial charge in [-0.3, -0.25) is 4.90 Å². The molecule has 23 heavy (non-hydrogen) atoms. The number of nitrogens with zero attached hydrogens (tertiary/aromatic N) is 4. The second-order valence-electron chi connectivity index (χ2n) is 6.52. The average molecular weight is 320 g/mol. The summed E-state index contributed by atoms with van der Waals surface area (Å²) in [5.41, 5.74) is 1.67. The highest BCUT2D eigenvalue weighted by molar-refractivity contribution is 5.69. The molecule has 1 unspecified atom stereocenters. The molecule has 124 valence electrons. The maximum absolute atomic E-state index is 12.4. The van der Waals surface area contributed by atoms with Crippen molar-refractivity contribution in [2.24, 2.45) is 0 Å². The van der Waals surface area contributed by atoms with Gasteiger partial charge in [0.05, 0.1) is 44.0 Å². The van der Waals surface area contributed by atoms with Crippen LogP contribution in [0.2, 0.25) is 0 Å². The largest absolute Gasteiger partial charge is 0.472 e. The van der Waals surface area contributed by atoms with Crippen LogP contribution in [-0.2, 0) is 17.8 Å². The third kappa shape index (κ3) is 3.07. The molecule has 0 fully saturated rings. The van der Waals surface area contributed by atoms with Crippen LogP contribution in [-0.4, -0.2) is 49.3 Å². The first-order valence-electron chi connectivity index (χ1n) is 7.44. The second-order valence-corrected chi connectivity index (χ2v) is 6.52. The Hall–Kier alpha value is -2.35. The fourth-order valence-electron chi connectivity index (χ4n) is 2.54. The molecule has 3 rings (SSSR count). The maximum Gasteiger partial charge on any atom is 0.411 e. The van der Waals surface area contributed by atoms with Gasteiger partial charge in [0.2, 0.25) is 0 Å². The second kappa shape index (κ2) is 5.69. The zero-order valence-electron chi connectivity index (χ0n) is 13.4. The average Bonchev–Trinajstić information content (AvgIpc) is 3.12. The van der Waals surface area contributed by atoms with E-state index in [2.05, 4.69) is 10.3 Å². The lowest BCUT2D eigenvalue weighted by molar-refractivity contribution is -0.00193. The molecule has 8 heteroatoms. The van der Waals surface area contributed by atoms with Crippen molar-refractivity contribution < 1.29 is 19.1 Å². The predicted molar refractivity (Wildman–Crippen MR) is 80.4 cm³/mol. The molecule has 1 aliphatic rings. The van der Waals surface area contributed by atoms with Crippen LogP contribution in [0, 0.1) is 0 Å². The first kappa shape index (κ1) is 15.5. The van der Waals surface area contributed by atoms with Crippen LogP contribution < -0.4 is 0 Å². The molecular formula is C15H20N4O4. The van der Waals surface area contributed by atoms with Gasteiger partial charge in [0.25, 0.3) is 0 Å². The van der Waals surface area contributed by atoms with E-state index >= 15 is 0 Å². The Morgan fingerprint density at radius 3 is 2.91 bits per heavy atom. The van der Waals surface area contributed by atoms with E-state index in [-0.39, 0.29) is 13.2 Å². The number of furan rings is 1. The molecule has 0 aliphatic carbocycles. The summed E-state index contributed by atoms with van der Waals surface area (Å²) in [6, 6.07) is 1.40. The molecule has 0 aromatic carbocycles. The van der Waals surface area contributed by atoms with E-state index in [4.69, 9.17) is 9.15 Å². The van der Waals surface area contributed by atoms with Gasteiger partial charge >= 0.3 is 6.09 Å². The first-order valence-corrected chi connectivity index (χ1v) is 7.44. The summed E-state index contributed by atoms with van der Waals surface area (Å²) in [5, 5.41) is 17.9. The van der Waals surface area contributed by atoms with Gasteiger partial charge in [-0.15, -0.1) is 5.10 Å². The van der Waals surface area contributed by atoms with Crippen LogP contribution in [0.5, 0.6) is 0 Å². The van der Waals surface area contributed by atoms with Crippen LogP contribution >= 0.6 is 0 Å². The van der Waals surface area contributed by atoms with Gasteiger partial charge in [-0.05, 0) is 26.8 Å². The van der Waals surface area contributed by atoms with E-state index < -0.39 is 17.7 Å². The monoisotopic (exact) mass is 320 g/mol. The van der Waals surface area contributed by atoms with Crippen molar-refractivity contribution in [2.75, 3.05) is 6.61 Å². The SMILES string of the molecule is CC(C)(C)OC(=O)N1Cc2c(-c3ccoc3)nnn2CC1CO. The van der Waals surface area contributed by atoms with Gasteiger partial charge in [0.15, 0.2) is 0 Å². The zero-order valence-corrected chi connectivity index (χ0v) is 13.4. The lowest BCUT2D eigenvalue weighted by atomic mass is 10.1. The van der Waals surface area contributed by atoms with Crippen molar-refractivity contribution in [1.29, 1.82) is 0 Å². The van der Waals surface area contributed by atoms with E-state index in [0.29, 0.717) is 12.2 Å². The predicted octanol–water partition coefficient (Wildman–Crippen LogP) is 1.65. The number of carbonyl (C=O) groups is 1. The standard InChI is InChI=1S/C15H20N4O4/c1-15(2,3)23-14(21)18-7-12-13(10-4-5-22-9-10)16-17-19(12)6-11(18)8-20/h4-5,9,11,20H,6-8H2,1-3H3. The molecule has 0 spiro atoms. The van der Waals surface area contributed by atoms with Crippen LogP contribution in [0.1, 0.15) is 26.5 Å². The number of aromatic nitrogens is 3. The number of aliphatic hydroxyl groups excluding tert-OH is 1.